The number of likely N-dealkylation sites (N-methyl/N-ethyl adjacent to an activating group) is 1. The number of nitrogens with zero attached hydrogens (tertiary/aromatic N) is 4. The lowest BCUT2D eigenvalue weighted by Gasteiger charge is -2.21. The number of esters is 1. The molecule has 0 fully saturated rings. The van der Waals surface area contributed by atoms with Gasteiger partial charge in [0, 0.05) is 55.5 Å². The van der Waals surface area contributed by atoms with Crippen molar-refractivity contribution >= 4 is 50.3 Å². The van der Waals surface area contributed by atoms with Gasteiger partial charge in [-0.2, -0.15) is 0 Å². The molecule has 1 amide bonds. The number of ether oxygens (including phenoxy) is 5. The molecule has 1 aliphatic heterocycles. The van der Waals surface area contributed by atoms with Crippen LogP contribution in [-0.2, 0) is 11.3 Å². The van der Waals surface area contributed by atoms with Crippen molar-refractivity contribution in [2.24, 2.45) is 0 Å². The van der Waals surface area contributed by atoms with E-state index in [4.69, 9.17) is 23.7 Å². The van der Waals surface area contributed by atoms with Crippen molar-refractivity contribution in [1.29, 1.82) is 0 Å². The molecule has 5 aromatic rings. The molecule has 3 aromatic carbocycles. The van der Waals surface area contributed by atoms with Crippen molar-refractivity contribution in [3.63, 3.8) is 0 Å². The number of carbonyl (C=O) groups excluding carboxylic acids is 2. The van der Waals surface area contributed by atoms with Crippen molar-refractivity contribution in [3.05, 3.63) is 65.1 Å². The van der Waals surface area contributed by atoms with Gasteiger partial charge in [0.15, 0.2) is 28.7 Å². The summed E-state index contributed by atoms with van der Waals surface area (Å²) in [7, 11) is 6.81. The first-order valence-electron chi connectivity index (χ1n) is 15.8. The topological polar surface area (TPSA) is 122 Å². The molecule has 12 nitrogen and oxygen atoms in total. The second kappa shape index (κ2) is 15.5. The number of amides is 1. The third-order valence-electron chi connectivity index (χ3n) is 7.40. The molecule has 12 heteroatoms. The third-order valence-corrected chi connectivity index (χ3v) is 7.40. The zero-order valence-corrected chi connectivity index (χ0v) is 28.9. The minimum atomic E-state index is -0.778. The maximum Gasteiger partial charge on any atom is 0.419 e. The number of anilines is 1. The Balaban J connectivity index is 0.00000125. The molecular formula is C36H42N4O8. The predicted octanol–water partition coefficient (Wildman–Crippen LogP) is 6.61. The van der Waals surface area contributed by atoms with Gasteiger partial charge in [-0.15, -0.1) is 0 Å². The summed E-state index contributed by atoms with van der Waals surface area (Å²) in [6, 6.07) is 13.4. The number of rotatable bonds is 7. The van der Waals surface area contributed by atoms with Crippen LogP contribution < -0.4 is 34.1 Å². The fourth-order valence-corrected chi connectivity index (χ4v) is 5.25. The van der Waals surface area contributed by atoms with Gasteiger partial charge in [0.05, 0.1) is 29.2 Å². The summed E-state index contributed by atoms with van der Waals surface area (Å²) in [6.45, 7) is 10.4. The predicted molar refractivity (Wildman–Crippen MR) is 187 cm³/mol. The van der Waals surface area contributed by atoms with Crippen LogP contribution in [0.25, 0.3) is 32.6 Å². The average molecular weight is 659 g/mol. The molecule has 0 saturated heterocycles. The fourth-order valence-electron chi connectivity index (χ4n) is 5.25. The van der Waals surface area contributed by atoms with E-state index in [0.717, 1.165) is 5.39 Å². The summed E-state index contributed by atoms with van der Waals surface area (Å²) < 4.78 is 29.5. The monoisotopic (exact) mass is 658 g/mol. The first-order valence-corrected chi connectivity index (χ1v) is 15.8. The molecule has 2 aromatic heterocycles. The van der Waals surface area contributed by atoms with Crippen LogP contribution in [0.5, 0.6) is 28.7 Å². The number of hydrogen-bond acceptors (Lipinski definition) is 10. The van der Waals surface area contributed by atoms with Gasteiger partial charge in [0.2, 0.25) is 6.79 Å². The fraction of sp³-hybridized carbons (Fsp3) is 0.333. The molecule has 3 heterocycles. The van der Waals surface area contributed by atoms with Crippen molar-refractivity contribution in [2.45, 2.75) is 41.2 Å². The van der Waals surface area contributed by atoms with Gasteiger partial charge in [-0.25, -0.2) is 4.79 Å². The van der Waals surface area contributed by atoms with Gasteiger partial charge < -0.3 is 33.2 Å². The Morgan fingerprint density at radius 2 is 1.52 bits per heavy atom. The number of methoxy groups -OCH3 is 1. The molecular weight excluding hydrogens is 616 g/mol. The van der Waals surface area contributed by atoms with E-state index in [2.05, 4.69) is 4.98 Å². The SMILES string of the molecule is CC.CC.COc1cc2c(cc1OC(=O)N(C)c1ccccc1OC(C)=O)c(=O)n(CCN(C)C)c1c3cc4c(cc3ncc21)OCO4. The van der Waals surface area contributed by atoms with Crippen LogP contribution in [0.1, 0.15) is 34.6 Å². The van der Waals surface area contributed by atoms with Crippen molar-refractivity contribution in [1.82, 2.24) is 14.5 Å². The Morgan fingerprint density at radius 3 is 2.19 bits per heavy atom. The molecule has 0 bridgehead atoms. The van der Waals surface area contributed by atoms with Crippen molar-refractivity contribution in [2.75, 3.05) is 46.5 Å². The summed E-state index contributed by atoms with van der Waals surface area (Å²) in [5.74, 6) is 1.14. The van der Waals surface area contributed by atoms with Crippen LogP contribution in [0.4, 0.5) is 10.5 Å². The molecule has 0 saturated carbocycles. The highest BCUT2D eigenvalue weighted by Gasteiger charge is 2.24. The number of fused-ring (bicyclic) bond motifs is 6. The van der Waals surface area contributed by atoms with Crippen LogP contribution in [0.3, 0.4) is 0 Å². The molecule has 0 unspecified atom stereocenters. The Morgan fingerprint density at radius 1 is 0.854 bits per heavy atom. The molecule has 1 aliphatic rings. The first kappa shape index (κ1) is 35.5. The van der Waals surface area contributed by atoms with E-state index in [-0.39, 0.29) is 29.6 Å². The van der Waals surface area contributed by atoms with Crippen LogP contribution in [0.15, 0.2) is 59.5 Å². The molecule has 0 N–H and O–H groups in total. The van der Waals surface area contributed by atoms with E-state index in [9.17, 15) is 14.4 Å². The average Bonchev–Trinajstić information content (AvgIpc) is 3.55. The second-order valence-corrected chi connectivity index (χ2v) is 10.5. The highest BCUT2D eigenvalue weighted by atomic mass is 16.7. The smallest absolute Gasteiger partial charge is 0.419 e. The summed E-state index contributed by atoms with van der Waals surface area (Å²) in [5.41, 5.74) is 1.41. The zero-order valence-electron chi connectivity index (χ0n) is 28.9. The largest absolute Gasteiger partial charge is 0.493 e. The maximum absolute atomic E-state index is 14.2. The lowest BCUT2D eigenvalue weighted by molar-refractivity contribution is -0.131. The van der Waals surface area contributed by atoms with Crippen LogP contribution in [0.2, 0.25) is 0 Å². The Kier molecular flexibility index (Phi) is 11.5. The van der Waals surface area contributed by atoms with Gasteiger partial charge in [0.25, 0.3) is 5.56 Å². The van der Waals surface area contributed by atoms with E-state index in [1.807, 2.05) is 52.8 Å². The lowest BCUT2D eigenvalue weighted by atomic mass is 10.0. The number of pyridine rings is 2. The summed E-state index contributed by atoms with van der Waals surface area (Å²) in [6.07, 6.45) is 0.943. The first-order chi connectivity index (χ1) is 23.2. The molecule has 0 atom stereocenters. The summed E-state index contributed by atoms with van der Waals surface area (Å²) >= 11 is 0. The molecule has 0 spiro atoms. The van der Waals surface area contributed by atoms with Crippen molar-refractivity contribution in [3.8, 4) is 28.7 Å². The highest BCUT2D eigenvalue weighted by molar-refractivity contribution is 6.15. The molecule has 6 rings (SSSR count). The van der Waals surface area contributed by atoms with Gasteiger partial charge in [-0.3, -0.25) is 19.5 Å². The number of para-hydroxylation sites is 2. The third kappa shape index (κ3) is 6.98. The van der Waals surface area contributed by atoms with E-state index in [1.165, 1.54) is 32.0 Å². The van der Waals surface area contributed by atoms with E-state index < -0.39 is 12.1 Å². The van der Waals surface area contributed by atoms with Gasteiger partial charge in [-0.05, 0) is 44.4 Å². The minimum absolute atomic E-state index is 0.0505. The number of benzene rings is 3. The molecule has 0 radical (unpaired) electrons. The summed E-state index contributed by atoms with van der Waals surface area (Å²) in [4.78, 5) is 47.0. The standard InChI is InChI=1S/C32H30N4O8.2C2H6/c1-18(37)43-25-9-7-6-8-24(25)35(4)32(39)44-29-13-20-19(12-26(29)40-5)22-16-33-23-15-28-27(41-17-42-28)14-21(23)30(22)36(31(20)38)11-10-34(2)3;2*1-2/h6-9,12-16H,10-11,17H2,1-5H3;2*1-2H3. The quantitative estimate of drug-likeness (QED) is 0.107. The highest BCUT2D eigenvalue weighted by Crippen LogP contribution is 2.40. The van der Waals surface area contributed by atoms with E-state index in [0.29, 0.717) is 57.5 Å². The van der Waals surface area contributed by atoms with Gasteiger partial charge in [0.1, 0.15) is 0 Å². The maximum atomic E-state index is 14.2. The van der Waals surface area contributed by atoms with Crippen molar-refractivity contribution < 1.29 is 33.3 Å². The van der Waals surface area contributed by atoms with Crippen LogP contribution in [0, 0.1) is 0 Å². The Labute approximate surface area is 279 Å². The normalized spacial score (nSPS) is 11.5. The lowest BCUT2D eigenvalue weighted by Crippen LogP contribution is -2.30. The van der Waals surface area contributed by atoms with E-state index in [1.54, 1.807) is 47.2 Å². The van der Waals surface area contributed by atoms with Gasteiger partial charge in [-0.1, -0.05) is 39.8 Å². The molecule has 254 valence electrons. The molecule has 0 aliphatic carbocycles. The van der Waals surface area contributed by atoms with Crippen LogP contribution in [-0.4, -0.2) is 68.1 Å². The number of carbonyl (C=O) groups is 2. The Hall–Kier alpha value is -5.36. The Bertz CT molecular complexity index is 2020. The number of aromatic nitrogens is 2. The zero-order chi connectivity index (χ0) is 35.1. The summed E-state index contributed by atoms with van der Waals surface area (Å²) in [5, 5.41) is 2.37. The molecule has 48 heavy (non-hydrogen) atoms. The second-order valence-electron chi connectivity index (χ2n) is 10.5. The van der Waals surface area contributed by atoms with E-state index >= 15 is 0 Å². The minimum Gasteiger partial charge on any atom is -0.493 e. The van der Waals surface area contributed by atoms with Crippen LogP contribution >= 0.6 is 0 Å². The number of hydrogen-bond donors (Lipinski definition) is 0. The van der Waals surface area contributed by atoms with Gasteiger partial charge >= 0.3 is 12.1 Å².